The fraction of sp³-hybridized carbons (Fsp3) is 0.714. The van der Waals surface area contributed by atoms with Crippen molar-refractivity contribution in [2.75, 3.05) is 19.6 Å². The summed E-state index contributed by atoms with van der Waals surface area (Å²) >= 11 is 1.94. The fourth-order valence-electron chi connectivity index (χ4n) is 2.40. The molecule has 0 aliphatic carbocycles. The molecule has 0 saturated carbocycles. The van der Waals surface area contributed by atoms with Crippen molar-refractivity contribution in [3.05, 3.63) is 21.9 Å². The first-order chi connectivity index (χ1) is 8.28. The van der Waals surface area contributed by atoms with E-state index in [0.717, 1.165) is 13.0 Å². The van der Waals surface area contributed by atoms with Crippen LogP contribution in [0.3, 0.4) is 0 Å². The molecule has 1 aliphatic heterocycles. The van der Waals surface area contributed by atoms with E-state index in [2.05, 4.69) is 36.2 Å². The Morgan fingerprint density at radius 3 is 2.65 bits per heavy atom. The van der Waals surface area contributed by atoms with E-state index in [1.807, 2.05) is 11.3 Å². The second-order valence-electron chi connectivity index (χ2n) is 5.01. The van der Waals surface area contributed by atoms with Crippen molar-refractivity contribution >= 4 is 11.3 Å². The third kappa shape index (κ3) is 4.09. The third-order valence-corrected chi connectivity index (χ3v) is 4.65. The Labute approximate surface area is 109 Å². The molecular weight excluding hydrogens is 228 g/mol. The van der Waals surface area contributed by atoms with Gasteiger partial charge in [0.25, 0.3) is 0 Å². The Kier molecular flexibility index (Phi) is 5.01. The van der Waals surface area contributed by atoms with E-state index < -0.39 is 0 Å². The summed E-state index contributed by atoms with van der Waals surface area (Å²) in [6.45, 7) is 9.34. The highest BCUT2D eigenvalue weighted by atomic mass is 32.1. The van der Waals surface area contributed by atoms with Crippen LogP contribution < -0.4 is 5.32 Å². The van der Waals surface area contributed by atoms with Crippen molar-refractivity contribution in [3.63, 3.8) is 0 Å². The Balaban J connectivity index is 1.69. The van der Waals surface area contributed by atoms with Crippen LogP contribution in [0.1, 0.15) is 36.4 Å². The first-order valence-electron chi connectivity index (χ1n) is 6.81. The van der Waals surface area contributed by atoms with E-state index in [1.165, 1.54) is 42.2 Å². The minimum atomic E-state index is 0.597. The molecule has 1 aromatic rings. The van der Waals surface area contributed by atoms with Crippen molar-refractivity contribution in [1.82, 2.24) is 10.2 Å². The van der Waals surface area contributed by atoms with Gasteiger partial charge in [0, 0.05) is 28.9 Å². The highest BCUT2D eigenvalue weighted by Crippen LogP contribution is 2.16. The monoisotopic (exact) mass is 252 g/mol. The normalized spacial score (nSPS) is 18.7. The molecular formula is C14H24N2S. The van der Waals surface area contributed by atoms with Gasteiger partial charge in [-0.2, -0.15) is 0 Å². The predicted octanol–water partition coefficient (Wildman–Crippen LogP) is 2.88. The fourth-order valence-corrected chi connectivity index (χ4v) is 3.31. The molecule has 1 aliphatic rings. The number of nitrogens with one attached hydrogen (secondary N) is 1. The summed E-state index contributed by atoms with van der Waals surface area (Å²) in [4.78, 5) is 5.54. The average Bonchev–Trinajstić information content (AvgIpc) is 2.96. The van der Waals surface area contributed by atoms with E-state index in [1.54, 1.807) is 0 Å². The van der Waals surface area contributed by atoms with Crippen molar-refractivity contribution in [1.29, 1.82) is 0 Å². The van der Waals surface area contributed by atoms with Gasteiger partial charge in [-0.15, -0.1) is 11.3 Å². The van der Waals surface area contributed by atoms with Gasteiger partial charge in [0.15, 0.2) is 0 Å². The Morgan fingerprint density at radius 2 is 2.00 bits per heavy atom. The van der Waals surface area contributed by atoms with Crippen molar-refractivity contribution in [2.45, 2.75) is 45.7 Å². The average molecular weight is 252 g/mol. The van der Waals surface area contributed by atoms with Gasteiger partial charge in [-0.3, -0.25) is 0 Å². The van der Waals surface area contributed by atoms with Crippen LogP contribution in [0, 0.1) is 0 Å². The molecule has 96 valence electrons. The molecule has 2 heterocycles. The van der Waals surface area contributed by atoms with Crippen LogP contribution in [-0.4, -0.2) is 30.6 Å². The highest BCUT2D eigenvalue weighted by molar-refractivity contribution is 7.11. The molecule has 2 rings (SSSR count). The smallest absolute Gasteiger partial charge is 0.0302 e. The van der Waals surface area contributed by atoms with Crippen molar-refractivity contribution < 1.29 is 0 Å². The topological polar surface area (TPSA) is 15.3 Å². The number of hydrogen-bond acceptors (Lipinski definition) is 3. The van der Waals surface area contributed by atoms with Crippen molar-refractivity contribution in [2.24, 2.45) is 0 Å². The van der Waals surface area contributed by atoms with Crippen LogP contribution in [0.25, 0.3) is 0 Å². The third-order valence-electron chi connectivity index (χ3n) is 3.42. The minimum Gasteiger partial charge on any atom is -0.308 e. The van der Waals surface area contributed by atoms with E-state index in [4.69, 9.17) is 0 Å². The molecule has 3 heteroatoms. The molecule has 0 spiro atoms. The van der Waals surface area contributed by atoms with Gasteiger partial charge in [-0.25, -0.2) is 0 Å². The lowest BCUT2D eigenvalue weighted by Crippen LogP contribution is -2.37. The molecule has 0 radical (unpaired) electrons. The van der Waals surface area contributed by atoms with Crippen LogP contribution in [0.5, 0.6) is 0 Å². The number of rotatable bonds is 6. The molecule has 1 fully saturated rings. The van der Waals surface area contributed by atoms with Gasteiger partial charge >= 0.3 is 0 Å². The zero-order valence-corrected chi connectivity index (χ0v) is 11.9. The molecule has 1 N–H and O–H groups in total. The van der Waals surface area contributed by atoms with Crippen LogP contribution in [0.15, 0.2) is 12.1 Å². The summed E-state index contributed by atoms with van der Waals surface area (Å²) < 4.78 is 0. The van der Waals surface area contributed by atoms with Crippen molar-refractivity contribution in [3.8, 4) is 0 Å². The molecule has 1 saturated heterocycles. The predicted molar refractivity (Wildman–Crippen MR) is 75.7 cm³/mol. The lowest BCUT2D eigenvalue weighted by Gasteiger charge is -2.20. The van der Waals surface area contributed by atoms with Gasteiger partial charge in [0.05, 0.1) is 0 Å². The summed E-state index contributed by atoms with van der Waals surface area (Å²) in [5, 5.41) is 3.63. The maximum absolute atomic E-state index is 3.63. The quantitative estimate of drug-likeness (QED) is 0.837. The SMILES string of the molecule is CCc1ccc(CNC(C)CN2CCCC2)s1. The molecule has 0 amide bonds. The van der Waals surface area contributed by atoms with E-state index in [0.29, 0.717) is 6.04 Å². The van der Waals surface area contributed by atoms with Crippen LogP contribution >= 0.6 is 11.3 Å². The number of likely N-dealkylation sites (tertiary alicyclic amines) is 1. The first kappa shape index (κ1) is 13.1. The number of nitrogens with zero attached hydrogens (tertiary/aromatic N) is 1. The highest BCUT2D eigenvalue weighted by Gasteiger charge is 2.14. The zero-order valence-electron chi connectivity index (χ0n) is 11.0. The lowest BCUT2D eigenvalue weighted by molar-refractivity contribution is 0.298. The summed E-state index contributed by atoms with van der Waals surface area (Å²) in [6, 6.07) is 5.12. The minimum absolute atomic E-state index is 0.597. The second-order valence-corrected chi connectivity index (χ2v) is 6.26. The summed E-state index contributed by atoms with van der Waals surface area (Å²) in [6.07, 6.45) is 3.93. The molecule has 1 aromatic heterocycles. The van der Waals surface area contributed by atoms with Crippen LogP contribution in [-0.2, 0) is 13.0 Å². The second kappa shape index (κ2) is 6.53. The van der Waals surface area contributed by atoms with Crippen LogP contribution in [0.4, 0.5) is 0 Å². The van der Waals surface area contributed by atoms with Gasteiger partial charge in [-0.05, 0) is 51.4 Å². The number of hydrogen-bond donors (Lipinski definition) is 1. The summed E-state index contributed by atoms with van der Waals surface area (Å²) in [7, 11) is 0. The first-order valence-corrected chi connectivity index (χ1v) is 7.63. The Morgan fingerprint density at radius 1 is 1.29 bits per heavy atom. The molecule has 17 heavy (non-hydrogen) atoms. The molecule has 2 nitrogen and oxygen atoms in total. The molecule has 1 atom stereocenters. The number of aryl methyl sites for hydroxylation is 1. The van der Waals surface area contributed by atoms with Gasteiger partial charge < -0.3 is 10.2 Å². The van der Waals surface area contributed by atoms with Gasteiger partial charge in [0.1, 0.15) is 0 Å². The van der Waals surface area contributed by atoms with Gasteiger partial charge in [0.2, 0.25) is 0 Å². The maximum atomic E-state index is 3.63. The summed E-state index contributed by atoms with van der Waals surface area (Å²) in [5.74, 6) is 0. The largest absolute Gasteiger partial charge is 0.308 e. The van der Waals surface area contributed by atoms with E-state index in [-0.39, 0.29) is 0 Å². The maximum Gasteiger partial charge on any atom is 0.0302 e. The summed E-state index contributed by atoms with van der Waals surface area (Å²) in [5.41, 5.74) is 0. The molecule has 0 bridgehead atoms. The van der Waals surface area contributed by atoms with E-state index >= 15 is 0 Å². The lowest BCUT2D eigenvalue weighted by atomic mass is 10.3. The standard InChI is InChI=1S/C14H24N2S/c1-3-13-6-7-14(17-13)10-15-12(2)11-16-8-4-5-9-16/h6-7,12,15H,3-5,8-11H2,1-2H3. The zero-order chi connectivity index (χ0) is 12.1. The van der Waals surface area contributed by atoms with E-state index in [9.17, 15) is 0 Å². The Bertz CT molecular complexity index is 329. The Hall–Kier alpha value is -0.380. The number of thiophene rings is 1. The van der Waals surface area contributed by atoms with Gasteiger partial charge in [-0.1, -0.05) is 6.92 Å². The molecule has 1 unspecified atom stereocenters. The van der Waals surface area contributed by atoms with Crippen LogP contribution in [0.2, 0.25) is 0 Å². The molecule has 0 aromatic carbocycles.